The SMILES string of the molecule is CC(C)(C)OC1CC(N2CCc3[nH]ncc3C2)C1. The highest BCUT2D eigenvalue weighted by Gasteiger charge is 2.37. The van der Waals surface area contributed by atoms with Crippen molar-refractivity contribution < 1.29 is 4.74 Å². The lowest BCUT2D eigenvalue weighted by Gasteiger charge is -2.45. The second-order valence-corrected chi connectivity index (χ2v) is 6.57. The Labute approximate surface area is 109 Å². The highest BCUT2D eigenvalue weighted by molar-refractivity contribution is 5.19. The molecule has 1 aromatic rings. The molecule has 2 heterocycles. The summed E-state index contributed by atoms with van der Waals surface area (Å²) in [5.74, 6) is 0. The first-order valence-corrected chi connectivity index (χ1v) is 6.94. The van der Waals surface area contributed by atoms with Crippen LogP contribution in [0.5, 0.6) is 0 Å². The van der Waals surface area contributed by atoms with E-state index in [9.17, 15) is 0 Å². The van der Waals surface area contributed by atoms with Gasteiger partial charge in [-0.1, -0.05) is 0 Å². The van der Waals surface area contributed by atoms with E-state index >= 15 is 0 Å². The van der Waals surface area contributed by atoms with Gasteiger partial charge in [-0.3, -0.25) is 10.00 Å². The molecule has 0 unspecified atom stereocenters. The van der Waals surface area contributed by atoms with Crippen molar-refractivity contribution in [3.8, 4) is 0 Å². The van der Waals surface area contributed by atoms with Crippen molar-refractivity contribution in [2.45, 2.75) is 64.3 Å². The summed E-state index contributed by atoms with van der Waals surface area (Å²) in [7, 11) is 0. The fraction of sp³-hybridized carbons (Fsp3) is 0.786. The van der Waals surface area contributed by atoms with Gasteiger partial charge in [-0.15, -0.1) is 0 Å². The van der Waals surface area contributed by atoms with E-state index in [0.29, 0.717) is 12.1 Å². The van der Waals surface area contributed by atoms with Crippen LogP contribution in [0.4, 0.5) is 0 Å². The molecule has 0 bridgehead atoms. The van der Waals surface area contributed by atoms with E-state index in [1.54, 1.807) is 0 Å². The smallest absolute Gasteiger partial charge is 0.0612 e. The van der Waals surface area contributed by atoms with E-state index in [1.807, 2.05) is 6.20 Å². The molecule has 1 aliphatic heterocycles. The number of aromatic nitrogens is 2. The van der Waals surface area contributed by atoms with Crippen LogP contribution in [0.25, 0.3) is 0 Å². The summed E-state index contributed by atoms with van der Waals surface area (Å²) in [6.45, 7) is 8.62. The standard InChI is InChI=1S/C14H23N3O/c1-14(2,3)18-12-6-11(7-12)17-5-4-13-10(9-17)8-15-16-13/h8,11-12H,4-7,9H2,1-3H3,(H,15,16). The van der Waals surface area contributed by atoms with Crippen molar-refractivity contribution in [2.24, 2.45) is 0 Å². The highest BCUT2D eigenvalue weighted by atomic mass is 16.5. The Balaban J connectivity index is 1.51. The van der Waals surface area contributed by atoms with Crippen molar-refractivity contribution in [3.63, 3.8) is 0 Å². The number of aromatic amines is 1. The zero-order chi connectivity index (χ0) is 12.8. The zero-order valence-electron chi connectivity index (χ0n) is 11.6. The lowest BCUT2D eigenvalue weighted by Crippen LogP contribution is -2.51. The first-order valence-electron chi connectivity index (χ1n) is 6.94. The van der Waals surface area contributed by atoms with E-state index in [-0.39, 0.29) is 5.60 Å². The van der Waals surface area contributed by atoms with E-state index in [2.05, 4.69) is 35.9 Å². The Morgan fingerprint density at radius 1 is 1.39 bits per heavy atom. The van der Waals surface area contributed by atoms with Gasteiger partial charge in [-0.05, 0) is 33.6 Å². The number of nitrogens with zero attached hydrogens (tertiary/aromatic N) is 2. The van der Waals surface area contributed by atoms with E-state index < -0.39 is 0 Å². The predicted octanol–water partition coefficient (Wildman–Crippen LogP) is 2.11. The summed E-state index contributed by atoms with van der Waals surface area (Å²) in [6, 6.07) is 0.709. The summed E-state index contributed by atoms with van der Waals surface area (Å²) in [5, 5.41) is 7.22. The Hall–Kier alpha value is -0.870. The highest BCUT2D eigenvalue weighted by Crippen LogP contribution is 2.33. The van der Waals surface area contributed by atoms with Crippen LogP contribution in [0, 0.1) is 0 Å². The fourth-order valence-electron chi connectivity index (χ4n) is 2.99. The van der Waals surface area contributed by atoms with Gasteiger partial charge < -0.3 is 4.74 Å². The minimum atomic E-state index is -0.00470. The van der Waals surface area contributed by atoms with E-state index in [0.717, 1.165) is 19.5 Å². The monoisotopic (exact) mass is 249 g/mol. The molecule has 3 rings (SSSR count). The summed E-state index contributed by atoms with van der Waals surface area (Å²) in [4.78, 5) is 2.58. The van der Waals surface area contributed by atoms with Gasteiger partial charge in [0.15, 0.2) is 0 Å². The molecule has 1 fully saturated rings. The molecular formula is C14H23N3O. The molecule has 0 amide bonds. The van der Waals surface area contributed by atoms with Gasteiger partial charge in [-0.25, -0.2) is 0 Å². The van der Waals surface area contributed by atoms with Gasteiger partial charge >= 0.3 is 0 Å². The van der Waals surface area contributed by atoms with Crippen LogP contribution < -0.4 is 0 Å². The van der Waals surface area contributed by atoms with Gasteiger partial charge in [-0.2, -0.15) is 5.10 Å². The number of nitrogens with one attached hydrogen (secondary N) is 1. The third-order valence-electron chi connectivity index (χ3n) is 3.94. The largest absolute Gasteiger partial charge is 0.373 e. The molecule has 1 aliphatic carbocycles. The number of hydrogen-bond acceptors (Lipinski definition) is 3. The molecular weight excluding hydrogens is 226 g/mol. The summed E-state index contributed by atoms with van der Waals surface area (Å²) in [6.07, 6.45) is 5.91. The Morgan fingerprint density at radius 2 is 2.17 bits per heavy atom. The maximum Gasteiger partial charge on any atom is 0.0612 e. The quantitative estimate of drug-likeness (QED) is 0.873. The molecule has 1 N–H and O–H groups in total. The Kier molecular flexibility index (Phi) is 2.94. The van der Waals surface area contributed by atoms with Gasteiger partial charge in [0.2, 0.25) is 0 Å². The molecule has 100 valence electrons. The van der Waals surface area contributed by atoms with Gasteiger partial charge in [0.1, 0.15) is 0 Å². The lowest BCUT2D eigenvalue weighted by molar-refractivity contribution is -0.121. The zero-order valence-corrected chi connectivity index (χ0v) is 11.6. The molecule has 0 radical (unpaired) electrons. The summed E-state index contributed by atoms with van der Waals surface area (Å²) >= 11 is 0. The minimum absolute atomic E-state index is 0.00470. The van der Waals surface area contributed by atoms with Crippen LogP contribution in [0.15, 0.2) is 6.20 Å². The average Bonchev–Trinajstić information content (AvgIpc) is 2.68. The van der Waals surface area contributed by atoms with E-state index in [4.69, 9.17) is 4.74 Å². The third-order valence-corrected chi connectivity index (χ3v) is 3.94. The molecule has 0 aromatic carbocycles. The van der Waals surface area contributed by atoms with Crippen molar-refractivity contribution >= 4 is 0 Å². The number of rotatable bonds is 2. The van der Waals surface area contributed by atoms with Crippen LogP contribution in [-0.4, -0.2) is 39.4 Å². The van der Waals surface area contributed by atoms with Crippen LogP contribution in [-0.2, 0) is 17.7 Å². The predicted molar refractivity (Wildman–Crippen MR) is 70.3 cm³/mol. The first kappa shape index (κ1) is 12.2. The number of fused-ring (bicyclic) bond motifs is 1. The number of hydrogen-bond donors (Lipinski definition) is 1. The molecule has 1 aromatic heterocycles. The maximum atomic E-state index is 6.00. The van der Waals surface area contributed by atoms with Gasteiger partial charge in [0.05, 0.1) is 17.9 Å². The van der Waals surface area contributed by atoms with Crippen molar-refractivity contribution in [2.75, 3.05) is 6.54 Å². The van der Waals surface area contributed by atoms with Crippen LogP contribution in [0.3, 0.4) is 0 Å². The van der Waals surface area contributed by atoms with Crippen molar-refractivity contribution in [3.05, 3.63) is 17.5 Å². The van der Waals surface area contributed by atoms with Crippen LogP contribution in [0.2, 0.25) is 0 Å². The fourth-order valence-corrected chi connectivity index (χ4v) is 2.99. The maximum absolute atomic E-state index is 6.00. The second-order valence-electron chi connectivity index (χ2n) is 6.57. The summed E-state index contributed by atoms with van der Waals surface area (Å²) < 4.78 is 6.00. The molecule has 0 atom stereocenters. The summed E-state index contributed by atoms with van der Waals surface area (Å²) in [5.41, 5.74) is 2.70. The second kappa shape index (κ2) is 4.35. The molecule has 4 heteroatoms. The molecule has 0 saturated heterocycles. The average molecular weight is 249 g/mol. The number of ether oxygens (including phenoxy) is 1. The molecule has 18 heavy (non-hydrogen) atoms. The van der Waals surface area contributed by atoms with Gasteiger partial charge in [0.25, 0.3) is 0 Å². The lowest BCUT2D eigenvalue weighted by atomic mass is 9.86. The van der Waals surface area contributed by atoms with Crippen molar-refractivity contribution in [1.82, 2.24) is 15.1 Å². The van der Waals surface area contributed by atoms with Gasteiger partial charge in [0, 0.05) is 36.8 Å². The molecule has 1 saturated carbocycles. The minimum Gasteiger partial charge on any atom is -0.373 e. The molecule has 2 aliphatic rings. The Bertz CT molecular complexity index is 415. The molecule has 0 spiro atoms. The number of H-pyrrole nitrogens is 1. The molecule has 4 nitrogen and oxygen atoms in total. The van der Waals surface area contributed by atoms with Crippen LogP contribution >= 0.6 is 0 Å². The topological polar surface area (TPSA) is 41.1 Å². The van der Waals surface area contributed by atoms with Crippen LogP contribution in [0.1, 0.15) is 44.9 Å². The van der Waals surface area contributed by atoms with E-state index in [1.165, 1.54) is 24.1 Å². The third kappa shape index (κ3) is 2.45. The normalized spacial score (nSPS) is 28.8. The van der Waals surface area contributed by atoms with Crippen molar-refractivity contribution in [1.29, 1.82) is 0 Å². The Morgan fingerprint density at radius 3 is 2.89 bits per heavy atom. The first-order chi connectivity index (χ1) is 8.51.